The average molecular weight is 318 g/mol. The first-order chi connectivity index (χ1) is 8.63. The van der Waals surface area contributed by atoms with Crippen LogP contribution in [0.25, 0.3) is 0 Å². The number of hydrogen-bond acceptors (Lipinski definition) is 4. The fourth-order valence-electron chi connectivity index (χ4n) is 1.69. The summed E-state index contributed by atoms with van der Waals surface area (Å²) in [4.78, 5) is 12.0. The van der Waals surface area contributed by atoms with Crippen LogP contribution >= 0.6 is 15.9 Å². The van der Waals surface area contributed by atoms with Crippen molar-refractivity contribution in [1.82, 2.24) is 9.78 Å². The number of nitrogens with zero attached hydrogens (tertiary/aromatic N) is 2. The van der Waals surface area contributed by atoms with Gasteiger partial charge in [0.25, 0.3) is 5.56 Å². The van der Waals surface area contributed by atoms with Crippen LogP contribution in [0.5, 0.6) is 0 Å². The van der Waals surface area contributed by atoms with E-state index in [2.05, 4.69) is 26.3 Å². The van der Waals surface area contributed by atoms with Crippen molar-refractivity contribution in [3.05, 3.63) is 21.0 Å². The first-order valence-electron chi connectivity index (χ1n) is 6.27. The maximum absolute atomic E-state index is 12.0. The van der Waals surface area contributed by atoms with Crippen molar-refractivity contribution in [3.63, 3.8) is 0 Å². The van der Waals surface area contributed by atoms with E-state index >= 15 is 0 Å². The highest BCUT2D eigenvalue weighted by Gasteiger charge is 2.12. The highest BCUT2D eigenvalue weighted by atomic mass is 79.9. The van der Waals surface area contributed by atoms with Crippen LogP contribution < -0.4 is 10.9 Å². The van der Waals surface area contributed by atoms with Crippen LogP contribution in [0, 0.1) is 0 Å². The zero-order valence-electron chi connectivity index (χ0n) is 10.8. The van der Waals surface area contributed by atoms with E-state index < -0.39 is 0 Å². The molecule has 0 aliphatic carbocycles. The van der Waals surface area contributed by atoms with E-state index in [1.165, 1.54) is 4.68 Å². The molecular weight excluding hydrogens is 298 g/mol. The number of aliphatic hydroxyl groups is 1. The predicted octanol–water partition coefficient (Wildman–Crippen LogP) is 1.99. The summed E-state index contributed by atoms with van der Waals surface area (Å²) in [6, 6.07) is 0.148. The Bertz CT molecular complexity index is 434. The predicted molar refractivity (Wildman–Crippen MR) is 75.9 cm³/mol. The van der Waals surface area contributed by atoms with Gasteiger partial charge in [-0.05, 0) is 35.2 Å². The van der Waals surface area contributed by atoms with E-state index in [9.17, 15) is 4.79 Å². The van der Waals surface area contributed by atoms with Crippen LogP contribution in [-0.4, -0.2) is 27.5 Å². The molecule has 1 unspecified atom stereocenters. The molecule has 1 aromatic rings. The van der Waals surface area contributed by atoms with Crippen molar-refractivity contribution < 1.29 is 5.11 Å². The number of rotatable bonds is 7. The Morgan fingerprint density at radius 3 is 2.83 bits per heavy atom. The summed E-state index contributed by atoms with van der Waals surface area (Å²) in [7, 11) is 0. The van der Waals surface area contributed by atoms with Crippen molar-refractivity contribution in [2.24, 2.45) is 0 Å². The minimum absolute atomic E-state index is 0.124. The van der Waals surface area contributed by atoms with Crippen molar-refractivity contribution in [1.29, 1.82) is 0 Å². The van der Waals surface area contributed by atoms with E-state index in [0.717, 1.165) is 12.8 Å². The third-order valence-electron chi connectivity index (χ3n) is 2.75. The van der Waals surface area contributed by atoms with Gasteiger partial charge >= 0.3 is 0 Å². The summed E-state index contributed by atoms with van der Waals surface area (Å²) in [5.74, 6) is 0. The summed E-state index contributed by atoms with van der Waals surface area (Å²) < 4.78 is 1.95. The lowest BCUT2D eigenvalue weighted by molar-refractivity contribution is 0.278. The molecule has 0 aromatic carbocycles. The Balaban J connectivity index is 2.91. The highest BCUT2D eigenvalue weighted by molar-refractivity contribution is 9.10. The van der Waals surface area contributed by atoms with E-state index in [4.69, 9.17) is 5.11 Å². The van der Waals surface area contributed by atoms with Gasteiger partial charge in [-0.15, -0.1) is 0 Å². The van der Waals surface area contributed by atoms with Gasteiger partial charge in [-0.3, -0.25) is 4.79 Å². The van der Waals surface area contributed by atoms with Gasteiger partial charge in [0.1, 0.15) is 4.47 Å². The molecule has 0 amide bonds. The first kappa shape index (κ1) is 15.2. The van der Waals surface area contributed by atoms with Crippen LogP contribution in [0.2, 0.25) is 0 Å². The summed E-state index contributed by atoms with van der Waals surface area (Å²) in [6.07, 6.45) is 4.06. The lowest BCUT2D eigenvalue weighted by Gasteiger charge is -2.18. The van der Waals surface area contributed by atoms with Gasteiger partial charge in [0.05, 0.1) is 11.9 Å². The van der Waals surface area contributed by atoms with E-state index in [0.29, 0.717) is 23.1 Å². The van der Waals surface area contributed by atoms with Gasteiger partial charge in [-0.25, -0.2) is 4.68 Å². The molecule has 2 N–H and O–H groups in total. The van der Waals surface area contributed by atoms with Crippen LogP contribution in [0.4, 0.5) is 5.69 Å². The SMILES string of the molecule is CCCn1ncc(NC(CC)CCO)c(Br)c1=O. The second-order valence-electron chi connectivity index (χ2n) is 4.16. The third kappa shape index (κ3) is 3.81. The first-order valence-corrected chi connectivity index (χ1v) is 7.06. The summed E-state index contributed by atoms with van der Waals surface area (Å²) in [6.45, 7) is 4.78. The molecule has 102 valence electrons. The standard InChI is InChI=1S/C12H20BrN3O2/c1-3-6-16-12(18)11(13)10(8-14-16)15-9(4-2)5-7-17/h8-9,15,17H,3-7H2,1-2H3. The van der Waals surface area contributed by atoms with Crippen LogP contribution in [0.15, 0.2) is 15.5 Å². The molecule has 0 saturated heterocycles. The van der Waals surface area contributed by atoms with Gasteiger partial charge in [0, 0.05) is 19.2 Å². The van der Waals surface area contributed by atoms with Crippen molar-refractivity contribution in [2.45, 2.75) is 45.7 Å². The van der Waals surface area contributed by atoms with E-state index in [-0.39, 0.29) is 18.2 Å². The maximum Gasteiger partial charge on any atom is 0.283 e. The van der Waals surface area contributed by atoms with Crippen molar-refractivity contribution >= 4 is 21.6 Å². The summed E-state index contributed by atoms with van der Waals surface area (Å²) in [5, 5.41) is 16.3. The van der Waals surface area contributed by atoms with Gasteiger partial charge in [0.2, 0.25) is 0 Å². The Kier molecular flexibility index (Phi) is 6.35. The van der Waals surface area contributed by atoms with Crippen molar-refractivity contribution in [3.8, 4) is 0 Å². The van der Waals surface area contributed by atoms with Gasteiger partial charge in [-0.1, -0.05) is 13.8 Å². The number of hydrogen-bond donors (Lipinski definition) is 2. The van der Waals surface area contributed by atoms with Gasteiger partial charge in [-0.2, -0.15) is 5.10 Å². The topological polar surface area (TPSA) is 67.2 Å². The molecule has 1 rings (SSSR count). The second kappa shape index (κ2) is 7.53. The van der Waals surface area contributed by atoms with Gasteiger partial charge < -0.3 is 10.4 Å². The largest absolute Gasteiger partial charge is 0.396 e. The summed E-state index contributed by atoms with van der Waals surface area (Å²) in [5.41, 5.74) is 0.563. The molecule has 0 spiro atoms. The maximum atomic E-state index is 12.0. The molecule has 18 heavy (non-hydrogen) atoms. The molecule has 6 heteroatoms. The summed E-state index contributed by atoms with van der Waals surface area (Å²) >= 11 is 3.31. The second-order valence-corrected chi connectivity index (χ2v) is 4.96. The van der Waals surface area contributed by atoms with Crippen LogP contribution in [0.3, 0.4) is 0 Å². The zero-order chi connectivity index (χ0) is 13.5. The fourth-order valence-corrected chi connectivity index (χ4v) is 2.11. The number of aryl methyl sites for hydroxylation is 1. The molecule has 0 fully saturated rings. The van der Waals surface area contributed by atoms with Crippen LogP contribution in [0.1, 0.15) is 33.1 Å². The van der Waals surface area contributed by atoms with Crippen molar-refractivity contribution in [2.75, 3.05) is 11.9 Å². The van der Waals surface area contributed by atoms with E-state index in [1.54, 1.807) is 6.20 Å². The minimum atomic E-state index is -0.124. The molecule has 0 aliphatic rings. The Morgan fingerprint density at radius 1 is 1.56 bits per heavy atom. The molecule has 1 atom stereocenters. The van der Waals surface area contributed by atoms with Gasteiger partial charge in [0.15, 0.2) is 0 Å². The average Bonchev–Trinajstić information content (AvgIpc) is 2.37. The molecule has 1 aromatic heterocycles. The number of halogens is 1. The quantitative estimate of drug-likeness (QED) is 0.807. The smallest absolute Gasteiger partial charge is 0.283 e. The Hall–Kier alpha value is -0.880. The zero-order valence-corrected chi connectivity index (χ0v) is 12.4. The molecule has 0 bridgehead atoms. The highest BCUT2D eigenvalue weighted by Crippen LogP contribution is 2.18. The molecule has 1 heterocycles. The molecule has 0 radical (unpaired) electrons. The Labute approximate surface area is 115 Å². The number of aromatic nitrogens is 2. The number of anilines is 1. The molecular formula is C12H20BrN3O2. The molecule has 5 nitrogen and oxygen atoms in total. The third-order valence-corrected chi connectivity index (χ3v) is 3.52. The number of aliphatic hydroxyl groups excluding tert-OH is 1. The lowest BCUT2D eigenvalue weighted by atomic mass is 10.1. The minimum Gasteiger partial charge on any atom is -0.396 e. The van der Waals surface area contributed by atoms with E-state index in [1.807, 2.05) is 13.8 Å². The van der Waals surface area contributed by atoms with Crippen LogP contribution in [-0.2, 0) is 6.54 Å². The molecule has 0 saturated carbocycles. The fraction of sp³-hybridized carbons (Fsp3) is 0.667. The number of nitrogens with one attached hydrogen (secondary N) is 1. The normalized spacial score (nSPS) is 12.4. The molecule has 0 aliphatic heterocycles. The Morgan fingerprint density at radius 2 is 2.28 bits per heavy atom. The lowest BCUT2D eigenvalue weighted by Crippen LogP contribution is -2.27. The monoisotopic (exact) mass is 317 g/mol.